The number of nitriles is 1. The Hall–Kier alpha value is -0.550. The first-order valence-corrected chi connectivity index (χ1v) is 3.56. The van der Waals surface area contributed by atoms with Gasteiger partial charge in [0, 0.05) is 6.54 Å². The molecule has 10 heavy (non-hydrogen) atoms. The molecule has 0 aliphatic heterocycles. The summed E-state index contributed by atoms with van der Waals surface area (Å²) in [7, 11) is 1.87. The number of hydrogen-bond acceptors (Lipinski definition) is 2. The summed E-state index contributed by atoms with van der Waals surface area (Å²) in [5, 5.41) is 11.7. The van der Waals surface area contributed by atoms with Crippen molar-refractivity contribution in [3.63, 3.8) is 0 Å². The van der Waals surface area contributed by atoms with E-state index in [1.807, 2.05) is 7.05 Å². The van der Waals surface area contributed by atoms with Crippen LogP contribution in [0.25, 0.3) is 0 Å². The lowest BCUT2D eigenvalue weighted by molar-refractivity contribution is 0.295. The Labute approximate surface area is 63.2 Å². The van der Waals surface area contributed by atoms with Crippen LogP contribution in [0.4, 0.5) is 0 Å². The number of rotatable bonds is 2. The maximum Gasteiger partial charge on any atom is 0.0674 e. The van der Waals surface area contributed by atoms with Crippen molar-refractivity contribution in [3.05, 3.63) is 0 Å². The van der Waals surface area contributed by atoms with Gasteiger partial charge in [0.2, 0.25) is 0 Å². The van der Waals surface area contributed by atoms with Gasteiger partial charge >= 0.3 is 0 Å². The molecule has 0 aromatic rings. The van der Waals surface area contributed by atoms with Gasteiger partial charge in [-0.1, -0.05) is 20.8 Å². The van der Waals surface area contributed by atoms with Crippen molar-refractivity contribution in [2.24, 2.45) is 11.3 Å². The van der Waals surface area contributed by atoms with Crippen LogP contribution >= 0.6 is 0 Å². The summed E-state index contributed by atoms with van der Waals surface area (Å²) in [6.07, 6.45) is 0. The monoisotopic (exact) mass is 140 g/mol. The second kappa shape index (κ2) is 3.58. The quantitative estimate of drug-likeness (QED) is 0.629. The zero-order valence-corrected chi connectivity index (χ0v) is 7.23. The van der Waals surface area contributed by atoms with E-state index < -0.39 is 0 Å². The Bertz CT molecular complexity index is 127. The molecule has 1 atom stereocenters. The first-order chi connectivity index (χ1) is 4.52. The van der Waals surface area contributed by atoms with E-state index in [1.54, 1.807) is 0 Å². The van der Waals surface area contributed by atoms with Crippen LogP contribution in [0.5, 0.6) is 0 Å². The highest BCUT2D eigenvalue weighted by Gasteiger charge is 2.22. The SMILES string of the molecule is CNCC(C#N)C(C)(C)C. The molecule has 1 unspecified atom stereocenters. The lowest BCUT2D eigenvalue weighted by Gasteiger charge is -2.23. The smallest absolute Gasteiger partial charge is 0.0674 e. The summed E-state index contributed by atoms with van der Waals surface area (Å²) < 4.78 is 0. The largest absolute Gasteiger partial charge is 0.318 e. The minimum Gasteiger partial charge on any atom is -0.318 e. The molecule has 0 spiro atoms. The number of nitrogens with zero attached hydrogens (tertiary/aromatic N) is 1. The van der Waals surface area contributed by atoms with Gasteiger partial charge in [0.05, 0.1) is 12.0 Å². The van der Waals surface area contributed by atoms with Gasteiger partial charge in [0.1, 0.15) is 0 Å². The van der Waals surface area contributed by atoms with E-state index in [2.05, 4.69) is 32.2 Å². The molecule has 0 saturated heterocycles. The van der Waals surface area contributed by atoms with Crippen molar-refractivity contribution in [2.45, 2.75) is 20.8 Å². The summed E-state index contributed by atoms with van der Waals surface area (Å²) in [6.45, 7) is 7.02. The average Bonchev–Trinajstić information content (AvgIpc) is 1.80. The molecule has 0 saturated carbocycles. The average molecular weight is 140 g/mol. The third-order valence-corrected chi connectivity index (χ3v) is 1.61. The topological polar surface area (TPSA) is 35.8 Å². The van der Waals surface area contributed by atoms with Crippen LogP contribution in [-0.4, -0.2) is 13.6 Å². The van der Waals surface area contributed by atoms with Crippen LogP contribution in [-0.2, 0) is 0 Å². The zero-order valence-electron chi connectivity index (χ0n) is 7.23. The van der Waals surface area contributed by atoms with Gasteiger partial charge in [-0.25, -0.2) is 0 Å². The van der Waals surface area contributed by atoms with Crippen molar-refractivity contribution in [3.8, 4) is 6.07 Å². The van der Waals surface area contributed by atoms with E-state index in [0.29, 0.717) is 0 Å². The Morgan fingerprint density at radius 3 is 2.10 bits per heavy atom. The van der Waals surface area contributed by atoms with E-state index in [0.717, 1.165) is 6.54 Å². The molecular formula is C8H16N2. The van der Waals surface area contributed by atoms with Gasteiger partial charge in [-0.15, -0.1) is 0 Å². The van der Waals surface area contributed by atoms with Gasteiger partial charge in [-0.3, -0.25) is 0 Å². The zero-order chi connectivity index (χ0) is 8.20. The molecule has 2 heteroatoms. The first kappa shape index (κ1) is 9.45. The molecule has 0 amide bonds. The van der Waals surface area contributed by atoms with Crippen LogP contribution in [0, 0.1) is 22.7 Å². The highest BCUT2D eigenvalue weighted by atomic mass is 14.8. The van der Waals surface area contributed by atoms with Gasteiger partial charge in [-0.05, 0) is 12.5 Å². The minimum atomic E-state index is 0.0950. The fourth-order valence-electron chi connectivity index (χ4n) is 0.750. The molecule has 1 N–H and O–H groups in total. The minimum absolute atomic E-state index is 0.0950. The van der Waals surface area contributed by atoms with E-state index in [9.17, 15) is 0 Å². The number of nitrogens with one attached hydrogen (secondary N) is 1. The summed E-state index contributed by atoms with van der Waals surface area (Å²) in [4.78, 5) is 0. The molecule has 0 aliphatic carbocycles. The van der Waals surface area contributed by atoms with E-state index in [-0.39, 0.29) is 11.3 Å². The molecule has 0 aromatic carbocycles. The third kappa shape index (κ3) is 2.84. The third-order valence-electron chi connectivity index (χ3n) is 1.61. The maximum absolute atomic E-state index is 8.70. The predicted octanol–water partition coefficient (Wildman–Crippen LogP) is 1.39. The van der Waals surface area contributed by atoms with Crippen LogP contribution in [0.3, 0.4) is 0 Å². The maximum atomic E-state index is 8.70. The molecule has 0 rings (SSSR count). The molecule has 0 aromatic heterocycles. The van der Waals surface area contributed by atoms with Crippen molar-refractivity contribution in [1.29, 1.82) is 5.26 Å². The van der Waals surface area contributed by atoms with Crippen molar-refractivity contribution >= 4 is 0 Å². The predicted molar refractivity (Wildman–Crippen MR) is 42.5 cm³/mol. The summed E-state index contributed by atoms with van der Waals surface area (Å²) in [6, 6.07) is 2.28. The summed E-state index contributed by atoms with van der Waals surface area (Å²) in [5.74, 6) is 0.109. The van der Waals surface area contributed by atoms with Gasteiger partial charge in [0.25, 0.3) is 0 Å². The second-order valence-electron chi connectivity index (χ2n) is 3.61. The summed E-state index contributed by atoms with van der Waals surface area (Å²) >= 11 is 0. The van der Waals surface area contributed by atoms with E-state index in [4.69, 9.17) is 5.26 Å². The molecule has 58 valence electrons. The van der Waals surface area contributed by atoms with Crippen LogP contribution in [0.15, 0.2) is 0 Å². The first-order valence-electron chi connectivity index (χ1n) is 3.56. The Morgan fingerprint density at radius 1 is 1.50 bits per heavy atom. The standard InChI is InChI=1S/C8H16N2/c1-8(2,3)7(5-9)6-10-4/h7,10H,6H2,1-4H3. The molecule has 0 aliphatic rings. The van der Waals surface area contributed by atoms with E-state index >= 15 is 0 Å². The van der Waals surface area contributed by atoms with Gasteiger partial charge in [0.15, 0.2) is 0 Å². The molecule has 0 bridgehead atoms. The fraction of sp³-hybridized carbons (Fsp3) is 0.875. The van der Waals surface area contributed by atoms with Crippen LogP contribution < -0.4 is 5.32 Å². The highest BCUT2D eigenvalue weighted by molar-refractivity contribution is 4.92. The second-order valence-corrected chi connectivity index (χ2v) is 3.61. The lowest BCUT2D eigenvalue weighted by Crippen LogP contribution is -2.28. The number of hydrogen-bond donors (Lipinski definition) is 1. The van der Waals surface area contributed by atoms with Gasteiger partial charge in [-0.2, -0.15) is 5.26 Å². The Balaban J connectivity index is 3.98. The molecule has 0 fully saturated rings. The molecular weight excluding hydrogens is 124 g/mol. The van der Waals surface area contributed by atoms with Crippen LogP contribution in [0.2, 0.25) is 0 Å². The van der Waals surface area contributed by atoms with Gasteiger partial charge < -0.3 is 5.32 Å². The lowest BCUT2D eigenvalue weighted by atomic mass is 9.82. The van der Waals surface area contributed by atoms with Crippen molar-refractivity contribution in [1.82, 2.24) is 5.32 Å². The van der Waals surface area contributed by atoms with Crippen molar-refractivity contribution in [2.75, 3.05) is 13.6 Å². The fourth-order valence-corrected chi connectivity index (χ4v) is 0.750. The molecule has 0 radical (unpaired) electrons. The molecule has 0 heterocycles. The van der Waals surface area contributed by atoms with Crippen LogP contribution in [0.1, 0.15) is 20.8 Å². The normalized spacial score (nSPS) is 14.3. The summed E-state index contributed by atoms with van der Waals surface area (Å²) in [5.41, 5.74) is 0.0950. The molecule has 2 nitrogen and oxygen atoms in total. The Kier molecular flexibility index (Phi) is 3.38. The van der Waals surface area contributed by atoms with Crippen molar-refractivity contribution < 1.29 is 0 Å². The highest BCUT2D eigenvalue weighted by Crippen LogP contribution is 2.23. The Morgan fingerprint density at radius 2 is 2.00 bits per heavy atom. The van der Waals surface area contributed by atoms with E-state index in [1.165, 1.54) is 0 Å².